The van der Waals surface area contributed by atoms with Crippen LogP contribution in [0.15, 0.2) is 36.5 Å². The molecule has 0 unspecified atom stereocenters. The number of allylic oxidation sites excluding steroid dienone is 5. The third-order valence-corrected chi connectivity index (χ3v) is 3.46. The summed E-state index contributed by atoms with van der Waals surface area (Å²) < 4.78 is 4.55. The average Bonchev–Trinajstić information content (AvgIpc) is 2.53. The molecule has 130 valence electrons. The highest BCUT2D eigenvalue weighted by Crippen LogP contribution is 2.08. The maximum Gasteiger partial charge on any atom is 0.309 e. The summed E-state index contributed by atoms with van der Waals surface area (Å²) in [5, 5.41) is 0. The van der Waals surface area contributed by atoms with E-state index in [0.29, 0.717) is 12.2 Å². The van der Waals surface area contributed by atoms with Crippen LogP contribution < -0.4 is 0 Å². The van der Waals surface area contributed by atoms with Crippen LogP contribution in [0.5, 0.6) is 0 Å². The fourth-order valence-electron chi connectivity index (χ4n) is 2.09. The lowest BCUT2D eigenvalue weighted by molar-refractivity contribution is -0.139. The molecular weight excluding hydrogens is 288 g/mol. The number of ketones is 1. The van der Waals surface area contributed by atoms with E-state index in [0.717, 1.165) is 32.1 Å². The highest BCUT2D eigenvalue weighted by Gasteiger charge is 1.93. The Bertz CT molecular complexity index is 392. The molecule has 0 aromatic carbocycles. The number of Topliss-reactive ketones (excluding diaryl/α,β-unsaturated/α-hetero) is 1. The minimum atomic E-state index is -0.202. The molecule has 0 saturated heterocycles. The van der Waals surface area contributed by atoms with Crippen LogP contribution >= 0.6 is 0 Å². The molecule has 0 aromatic rings. The minimum Gasteiger partial charge on any atom is -0.469 e. The molecule has 0 saturated carbocycles. The van der Waals surface area contributed by atoms with Crippen LogP contribution in [0.1, 0.15) is 71.1 Å². The van der Waals surface area contributed by atoms with E-state index in [2.05, 4.69) is 29.0 Å². The fourth-order valence-corrected chi connectivity index (χ4v) is 2.09. The largest absolute Gasteiger partial charge is 0.469 e. The van der Waals surface area contributed by atoms with Crippen molar-refractivity contribution in [3.8, 4) is 0 Å². The zero-order chi connectivity index (χ0) is 17.2. The van der Waals surface area contributed by atoms with Crippen LogP contribution in [0, 0.1) is 0 Å². The molecule has 0 heterocycles. The Balaban J connectivity index is 3.35. The van der Waals surface area contributed by atoms with Crippen molar-refractivity contribution < 1.29 is 14.3 Å². The normalized spacial score (nSPS) is 11.7. The van der Waals surface area contributed by atoms with Crippen molar-refractivity contribution in [2.24, 2.45) is 0 Å². The summed E-state index contributed by atoms with van der Waals surface area (Å²) in [6.45, 7) is 1.66. The van der Waals surface area contributed by atoms with E-state index in [1.54, 1.807) is 6.92 Å². The molecule has 3 heteroatoms. The molecule has 0 aromatic heterocycles. The van der Waals surface area contributed by atoms with Crippen molar-refractivity contribution in [1.29, 1.82) is 0 Å². The maximum absolute atomic E-state index is 10.9. The first kappa shape index (κ1) is 21.4. The van der Waals surface area contributed by atoms with E-state index in [-0.39, 0.29) is 5.97 Å². The molecular formula is C20H32O3. The molecule has 3 nitrogen and oxygen atoms in total. The van der Waals surface area contributed by atoms with Gasteiger partial charge in [0.2, 0.25) is 0 Å². The molecule has 23 heavy (non-hydrogen) atoms. The summed E-state index contributed by atoms with van der Waals surface area (Å²) >= 11 is 0. The van der Waals surface area contributed by atoms with Gasteiger partial charge in [0.1, 0.15) is 5.78 Å². The molecule has 0 N–H and O–H groups in total. The van der Waals surface area contributed by atoms with E-state index in [1.165, 1.54) is 32.8 Å². The van der Waals surface area contributed by atoms with Gasteiger partial charge in [-0.05, 0) is 39.0 Å². The zero-order valence-corrected chi connectivity index (χ0v) is 14.8. The summed E-state index contributed by atoms with van der Waals surface area (Å²) in [6, 6.07) is 0. The van der Waals surface area contributed by atoms with E-state index in [9.17, 15) is 9.59 Å². The lowest BCUT2D eigenvalue weighted by Gasteiger charge is -1.98. The predicted octanol–water partition coefficient (Wildman–Crippen LogP) is 5.32. The molecule has 0 bridgehead atoms. The highest BCUT2D eigenvalue weighted by atomic mass is 16.5. The molecule has 0 aliphatic rings. The average molecular weight is 320 g/mol. The van der Waals surface area contributed by atoms with Crippen molar-refractivity contribution in [1.82, 2.24) is 0 Å². The second-order valence-electron chi connectivity index (χ2n) is 5.67. The Morgan fingerprint density at radius 1 is 0.783 bits per heavy atom. The quantitative estimate of drug-likeness (QED) is 0.247. The van der Waals surface area contributed by atoms with Gasteiger partial charge in [0.05, 0.1) is 13.5 Å². The smallest absolute Gasteiger partial charge is 0.309 e. The number of unbranched alkanes of at least 4 members (excludes halogenated alkanes) is 5. The number of hydrogen-bond acceptors (Lipinski definition) is 3. The third kappa shape index (κ3) is 18.3. The first-order valence-corrected chi connectivity index (χ1v) is 8.68. The van der Waals surface area contributed by atoms with Gasteiger partial charge in [0.25, 0.3) is 0 Å². The summed E-state index contributed by atoms with van der Waals surface area (Å²) in [5.74, 6) is 0.104. The highest BCUT2D eigenvalue weighted by molar-refractivity contribution is 5.75. The van der Waals surface area contributed by atoms with Crippen LogP contribution in [0.3, 0.4) is 0 Å². The van der Waals surface area contributed by atoms with Gasteiger partial charge in [-0.1, -0.05) is 55.7 Å². The minimum absolute atomic E-state index is 0.202. The molecule has 0 radical (unpaired) electrons. The Kier molecular flexibility index (Phi) is 15.5. The van der Waals surface area contributed by atoms with Gasteiger partial charge in [-0.3, -0.25) is 4.79 Å². The zero-order valence-electron chi connectivity index (χ0n) is 14.8. The number of carbonyl (C=O) groups excluding carboxylic acids is 2. The number of carbonyl (C=O) groups is 2. The molecule has 0 amide bonds. The summed E-state index contributed by atoms with van der Waals surface area (Å²) in [5.41, 5.74) is 0. The lowest BCUT2D eigenvalue weighted by Crippen LogP contribution is -1.96. The monoisotopic (exact) mass is 320 g/mol. The molecule has 0 atom stereocenters. The van der Waals surface area contributed by atoms with Gasteiger partial charge in [-0.2, -0.15) is 0 Å². The van der Waals surface area contributed by atoms with Gasteiger partial charge >= 0.3 is 5.97 Å². The number of methoxy groups -OCH3 is 1. The Morgan fingerprint density at radius 2 is 1.35 bits per heavy atom. The summed E-state index contributed by atoms with van der Waals surface area (Å²) in [6.07, 6.45) is 22.5. The Morgan fingerprint density at radius 3 is 2.00 bits per heavy atom. The van der Waals surface area contributed by atoms with Crippen LogP contribution in [-0.2, 0) is 14.3 Å². The summed E-state index contributed by atoms with van der Waals surface area (Å²) in [7, 11) is 1.40. The van der Waals surface area contributed by atoms with Crippen molar-refractivity contribution in [3.63, 3.8) is 0 Å². The van der Waals surface area contributed by atoms with Gasteiger partial charge in [0, 0.05) is 6.42 Å². The van der Waals surface area contributed by atoms with Crippen LogP contribution in [0.2, 0.25) is 0 Å². The van der Waals surface area contributed by atoms with Gasteiger partial charge < -0.3 is 9.53 Å². The first-order valence-electron chi connectivity index (χ1n) is 8.68. The summed E-state index contributed by atoms with van der Waals surface area (Å²) in [4.78, 5) is 21.6. The van der Waals surface area contributed by atoms with Crippen molar-refractivity contribution >= 4 is 11.8 Å². The van der Waals surface area contributed by atoms with Gasteiger partial charge in [-0.15, -0.1) is 0 Å². The van der Waals surface area contributed by atoms with Crippen LogP contribution in [0.25, 0.3) is 0 Å². The topological polar surface area (TPSA) is 43.4 Å². The molecule has 0 aliphatic carbocycles. The maximum atomic E-state index is 10.9. The lowest BCUT2D eigenvalue weighted by atomic mass is 10.1. The van der Waals surface area contributed by atoms with E-state index < -0.39 is 0 Å². The second kappa shape index (κ2) is 16.7. The van der Waals surface area contributed by atoms with E-state index in [4.69, 9.17) is 0 Å². The Labute approximate surface area is 141 Å². The van der Waals surface area contributed by atoms with E-state index >= 15 is 0 Å². The van der Waals surface area contributed by atoms with Gasteiger partial charge in [0.15, 0.2) is 0 Å². The standard InChI is InChI=1S/C20H32O3/c1-19(21)17-15-13-11-9-7-5-3-4-6-8-10-12-14-16-18-20(22)23-2/h3-4,8,10,14,16H,5-7,9,11-13,15,17-18H2,1-2H3/b4-3+,10-8+,16-14+. The van der Waals surface area contributed by atoms with Crippen molar-refractivity contribution in [2.45, 2.75) is 71.1 Å². The number of rotatable bonds is 14. The molecule has 0 rings (SSSR count). The van der Waals surface area contributed by atoms with Crippen molar-refractivity contribution in [3.05, 3.63) is 36.5 Å². The molecule has 0 fully saturated rings. The van der Waals surface area contributed by atoms with Crippen LogP contribution in [0.4, 0.5) is 0 Å². The molecule has 0 spiro atoms. The van der Waals surface area contributed by atoms with Crippen LogP contribution in [-0.4, -0.2) is 18.9 Å². The fraction of sp³-hybridized carbons (Fsp3) is 0.600. The second-order valence-corrected chi connectivity index (χ2v) is 5.67. The number of hydrogen-bond donors (Lipinski definition) is 0. The third-order valence-electron chi connectivity index (χ3n) is 3.46. The van der Waals surface area contributed by atoms with E-state index in [1.807, 2.05) is 12.2 Å². The first-order chi connectivity index (χ1) is 11.2. The number of ether oxygens (including phenoxy) is 1. The Hall–Kier alpha value is -1.64. The van der Waals surface area contributed by atoms with Crippen molar-refractivity contribution in [2.75, 3.05) is 7.11 Å². The van der Waals surface area contributed by atoms with Gasteiger partial charge in [-0.25, -0.2) is 0 Å². The molecule has 0 aliphatic heterocycles. The number of esters is 1. The predicted molar refractivity (Wildman–Crippen MR) is 96.3 cm³/mol. The SMILES string of the molecule is COC(=O)C/C=C/C/C=C/C/C=C/CCCCCCCC(C)=O.